The molecule has 0 aliphatic carbocycles. The highest BCUT2D eigenvalue weighted by Gasteiger charge is 2.28. The summed E-state index contributed by atoms with van der Waals surface area (Å²) in [6, 6.07) is 3.75. The lowest BCUT2D eigenvalue weighted by Gasteiger charge is -2.17. The highest BCUT2D eigenvalue weighted by molar-refractivity contribution is 7.48. The molecule has 1 rings (SSSR count). The van der Waals surface area contributed by atoms with Gasteiger partial charge in [0.25, 0.3) is 0 Å². The average molecular weight is 321 g/mol. The van der Waals surface area contributed by atoms with Gasteiger partial charge in [0.1, 0.15) is 0 Å². The molecule has 0 saturated carbocycles. The zero-order chi connectivity index (χ0) is 15.9. The highest BCUT2D eigenvalue weighted by Crippen LogP contribution is 2.49. The quantitative estimate of drug-likeness (QED) is 0.714. The van der Waals surface area contributed by atoms with Crippen molar-refractivity contribution in [3.05, 3.63) is 29.6 Å². The number of phosphoric acid groups is 1. The van der Waals surface area contributed by atoms with Gasteiger partial charge in [0, 0.05) is 6.54 Å². The summed E-state index contributed by atoms with van der Waals surface area (Å²) < 4.78 is 40.7. The first-order valence-electron chi connectivity index (χ1n) is 6.24. The molecule has 2 N–H and O–H groups in total. The van der Waals surface area contributed by atoms with Crippen molar-refractivity contribution < 1.29 is 32.4 Å². The van der Waals surface area contributed by atoms with Crippen LogP contribution in [0, 0.1) is 5.82 Å². The van der Waals surface area contributed by atoms with Crippen LogP contribution in [0.4, 0.5) is 9.18 Å². The molecule has 0 aromatic heterocycles. The van der Waals surface area contributed by atoms with Crippen LogP contribution < -0.4 is 9.84 Å². The molecule has 7 nitrogen and oxygen atoms in total. The Bertz CT molecular complexity index is 528. The van der Waals surface area contributed by atoms with E-state index in [2.05, 4.69) is 5.32 Å². The minimum Gasteiger partial charge on any atom is -0.465 e. The summed E-state index contributed by atoms with van der Waals surface area (Å²) in [5, 5.41) is 10.6. The molecular weight excluding hydrogens is 304 g/mol. The van der Waals surface area contributed by atoms with Crippen LogP contribution in [0.2, 0.25) is 0 Å². The number of nitrogens with one attached hydrogen (secondary N) is 1. The van der Waals surface area contributed by atoms with Crippen molar-refractivity contribution in [3.63, 3.8) is 0 Å². The van der Waals surface area contributed by atoms with Crippen LogP contribution in [-0.4, -0.2) is 24.4 Å². The van der Waals surface area contributed by atoms with Gasteiger partial charge in [-0.15, -0.1) is 0 Å². The summed E-state index contributed by atoms with van der Waals surface area (Å²) in [5.41, 5.74) is 0.393. The topological polar surface area (TPSA) is 94.1 Å². The van der Waals surface area contributed by atoms with Crippen molar-refractivity contribution in [3.8, 4) is 5.75 Å². The van der Waals surface area contributed by atoms with Gasteiger partial charge in [0.2, 0.25) is 0 Å². The Hall–Kier alpha value is -1.63. The fourth-order valence-electron chi connectivity index (χ4n) is 1.43. The number of rotatable bonds is 8. The molecule has 0 aliphatic rings. The number of halogens is 1. The van der Waals surface area contributed by atoms with E-state index in [1.54, 1.807) is 13.8 Å². The predicted octanol–water partition coefficient (Wildman–Crippen LogP) is 3.15. The highest BCUT2D eigenvalue weighted by atomic mass is 31.2. The zero-order valence-electron chi connectivity index (χ0n) is 11.7. The molecule has 1 aromatic carbocycles. The maximum absolute atomic E-state index is 13.9. The lowest BCUT2D eigenvalue weighted by molar-refractivity contribution is 0.165. The summed E-state index contributed by atoms with van der Waals surface area (Å²) in [6.07, 6.45) is -1.21. The first-order valence-corrected chi connectivity index (χ1v) is 7.70. The largest absolute Gasteiger partial charge is 0.530 e. The van der Waals surface area contributed by atoms with E-state index >= 15 is 0 Å². The second-order valence-corrected chi connectivity index (χ2v) is 5.39. The zero-order valence-corrected chi connectivity index (χ0v) is 12.6. The van der Waals surface area contributed by atoms with Gasteiger partial charge in [0.05, 0.1) is 13.2 Å². The van der Waals surface area contributed by atoms with E-state index in [-0.39, 0.29) is 25.5 Å². The molecule has 9 heteroatoms. The Morgan fingerprint density at radius 3 is 2.43 bits per heavy atom. The summed E-state index contributed by atoms with van der Waals surface area (Å²) in [4.78, 5) is 10.4. The van der Waals surface area contributed by atoms with Crippen molar-refractivity contribution in [1.82, 2.24) is 5.32 Å². The normalized spacial score (nSPS) is 11.2. The number of carbonyl (C=O) groups is 1. The first kappa shape index (κ1) is 17.4. The van der Waals surface area contributed by atoms with Crippen LogP contribution in [0.3, 0.4) is 0 Å². The van der Waals surface area contributed by atoms with Gasteiger partial charge < -0.3 is 14.9 Å². The summed E-state index contributed by atoms with van der Waals surface area (Å²) in [7, 11) is -3.86. The van der Waals surface area contributed by atoms with E-state index in [0.717, 1.165) is 6.07 Å². The Labute approximate surface area is 121 Å². The number of hydrogen-bond acceptors (Lipinski definition) is 5. The van der Waals surface area contributed by atoms with E-state index in [1.165, 1.54) is 12.1 Å². The van der Waals surface area contributed by atoms with Crippen molar-refractivity contribution in [2.75, 3.05) is 13.2 Å². The maximum Gasteiger partial charge on any atom is 0.530 e. The van der Waals surface area contributed by atoms with Gasteiger partial charge in [0.15, 0.2) is 11.6 Å². The van der Waals surface area contributed by atoms with E-state index in [0.29, 0.717) is 5.56 Å². The molecular formula is C12H17FNO6P. The lowest BCUT2D eigenvalue weighted by Crippen LogP contribution is -2.19. The van der Waals surface area contributed by atoms with Gasteiger partial charge in [-0.3, -0.25) is 9.05 Å². The maximum atomic E-state index is 13.9. The van der Waals surface area contributed by atoms with Crippen LogP contribution in [-0.2, 0) is 20.2 Å². The smallest absolute Gasteiger partial charge is 0.465 e. The molecule has 118 valence electrons. The molecule has 0 saturated heterocycles. The van der Waals surface area contributed by atoms with E-state index < -0.39 is 19.7 Å². The number of amides is 1. The van der Waals surface area contributed by atoms with Gasteiger partial charge in [-0.1, -0.05) is 6.07 Å². The molecule has 0 atom stereocenters. The van der Waals surface area contributed by atoms with Gasteiger partial charge in [-0.25, -0.2) is 13.8 Å². The van der Waals surface area contributed by atoms with E-state index in [4.69, 9.17) is 18.7 Å². The molecule has 21 heavy (non-hydrogen) atoms. The fourth-order valence-corrected chi connectivity index (χ4v) is 2.63. The lowest BCUT2D eigenvalue weighted by atomic mass is 10.2. The van der Waals surface area contributed by atoms with Crippen molar-refractivity contribution in [1.29, 1.82) is 0 Å². The molecule has 0 spiro atoms. The molecule has 0 unspecified atom stereocenters. The Morgan fingerprint density at radius 2 is 1.95 bits per heavy atom. The second kappa shape index (κ2) is 7.97. The van der Waals surface area contributed by atoms with Gasteiger partial charge >= 0.3 is 13.9 Å². The van der Waals surface area contributed by atoms with E-state index in [9.17, 15) is 13.8 Å². The SMILES string of the molecule is CCOP(=O)(OCC)Oc1ccc(CNC(=O)O)cc1F. The van der Waals surface area contributed by atoms with Crippen LogP contribution in [0.15, 0.2) is 18.2 Å². The van der Waals surface area contributed by atoms with Crippen molar-refractivity contribution in [2.24, 2.45) is 0 Å². The number of benzene rings is 1. The summed E-state index contributed by atoms with van der Waals surface area (Å²) in [6.45, 7) is 3.32. The molecule has 0 radical (unpaired) electrons. The number of carboxylic acid groups (broad SMARTS) is 1. The molecule has 1 amide bonds. The number of phosphoric ester groups is 1. The van der Waals surface area contributed by atoms with Crippen LogP contribution in [0.25, 0.3) is 0 Å². The standard InChI is InChI=1S/C12H17FNO6P/c1-3-18-21(17,19-4-2)20-11-6-5-9(7-10(11)13)8-14-12(15)16/h5-7,14H,3-4,8H2,1-2H3,(H,15,16). The van der Waals surface area contributed by atoms with Crippen molar-refractivity contribution in [2.45, 2.75) is 20.4 Å². The van der Waals surface area contributed by atoms with Gasteiger partial charge in [-0.2, -0.15) is 0 Å². The minimum absolute atomic E-state index is 0.0545. The Kier molecular flexibility index (Phi) is 6.61. The number of hydrogen-bond donors (Lipinski definition) is 2. The Balaban J connectivity index is 2.83. The summed E-state index contributed by atoms with van der Waals surface area (Å²) in [5.74, 6) is -1.08. The minimum atomic E-state index is -3.86. The van der Waals surface area contributed by atoms with Crippen LogP contribution in [0.5, 0.6) is 5.75 Å². The second-order valence-electron chi connectivity index (χ2n) is 3.80. The summed E-state index contributed by atoms with van der Waals surface area (Å²) >= 11 is 0. The molecule has 0 fully saturated rings. The Morgan fingerprint density at radius 1 is 1.33 bits per heavy atom. The average Bonchev–Trinajstić information content (AvgIpc) is 2.39. The monoisotopic (exact) mass is 321 g/mol. The third-order valence-corrected chi connectivity index (χ3v) is 3.79. The van der Waals surface area contributed by atoms with Crippen LogP contribution in [0.1, 0.15) is 19.4 Å². The fraction of sp³-hybridized carbons (Fsp3) is 0.417. The third kappa shape index (κ3) is 5.71. The van der Waals surface area contributed by atoms with Crippen LogP contribution >= 0.6 is 7.82 Å². The van der Waals surface area contributed by atoms with Crippen molar-refractivity contribution >= 4 is 13.9 Å². The first-order chi connectivity index (χ1) is 9.90. The predicted molar refractivity (Wildman–Crippen MR) is 72.8 cm³/mol. The molecule has 1 aromatic rings. The molecule has 0 heterocycles. The third-order valence-electron chi connectivity index (χ3n) is 2.22. The van der Waals surface area contributed by atoms with Gasteiger partial charge in [-0.05, 0) is 31.5 Å². The molecule has 0 bridgehead atoms. The van der Waals surface area contributed by atoms with E-state index in [1.807, 2.05) is 0 Å². The molecule has 0 aliphatic heterocycles.